The molecule has 0 radical (unpaired) electrons. The summed E-state index contributed by atoms with van der Waals surface area (Å²) in [7, 11) is 0. The number of benzene rings is 1. The zero-order valence-corrected chi connectivity index (χ0v) is 10.7. The first-order valence-corrected chi connectivity index (χ1v) is 7.03. The molecule has 1 aromatic carbocycles. The summed E-state index contributed by atoms with van der Waals surface area (Å²) in [5, 5.41) is 0.735. The average Bonchev–Trinajstić information content (AvgIpc) is 2.79. The van der Waals surface area contributed by atoms with E-state index in [0.717, 1.165) is 22.8 Å². The number of carbonyl (C=O) groups is 1. The maximum Gasteiger partial charge on any atom is 0.146 e. The van der Waals surface area contributed by atoms with Crippen molar-refractivity contribution in [1.82, 2.24) is 0 Å². The molecule has 0 aliphatic heterocycles. The molecule has 0 N–H and O–H groups in total. The minimum Gasteiger partial charge on any atom is -0.298 e. The van der Waals surface area contributed by atoms with Gasteiger partial charge in [-0.05, 0) is 31.0 Å². The van der Waals surface area contributed by atoms with Gasteiger partial charge in [-0.3, -0.25) is 4.79 Å². The Balaban J connectivity index is 1.84. The molecule has 2 rings (SSSR count). The predicted octanol–water partition coefficient (Wildman–Crippen LogP) is 4.19. The molecule has 0 bridgehead atoms. The summed E-state index contributed by atoms with van der Waals surface area (Å²) in [6.45, 7) is 0. The Morgan fingerprint density at radius 3 is 2.81 bits per heavy atom. The first kappa shape index (κ1) is 12.0. The largest absolute Gasteiger partial charge is 0.298 e. The Kier molecular flexibility index (Phi) is 4.30. The molecule has 1 aliphatic rings. The van der Waals surface area contributed by atoms with Crippen LogP contribution >= 0.6 is 23.4 Å². The van der Waals surface area contributed by atoms with Gasteiger partial charge in [0.1, 0.15) is 5.78 Å². The molecular weight excluding hydrogens is 240 g/mol. The Bertz CT molecular complexity index is 372. The minimum absolute atomic E-state index is 0.326. The Labute approximate surface area is 106 Å². The third-order valence-electron chi connectivity index (χ3n) is 2.99. The fourth-order valence-corrected chi connectivity index (χ4v) is 3.26. The lowest BCUT2D eigenvalue weighted by Gasteiger charge is -2.07. The zero-order chi connectivity index (χ0) is 11.4. The molecule has 0 aromatic heterocycles. The van der Waals surface area contributed by atoms with E-state index < -0.39 is 0 Å². The van der Waals surface area contributed by atoms with Crippen molar-refractivity contribution in [1.29, 1.82) is 0 Å². The van der Waals surface area contributed by atoms with E-state index in [-0.39, 0.29) is 0 Å². The second-order valence-electron chi connectivity index (χ2n) is 4.19. The summed E-state index contributed by atoms with van der Waals surface area (Å²) in [6.07, 6.45) is 4.63. The Morgan fingerprint density at radius 2 is 2.12 bits per heavy atom. The maximum atomic E-state index is 11.8. The van der Waals surface area contributed by atoms with Gasteiger partial charge in [-0.2, -0.15) is 0 Å². The number of carbonyl (C=O) groups excluding carboxylic acids is 1. The molecule has 86 valence electrons. The highest BCUT2D eigenvalue weighted by Crippen LogP contribution is 2.28. The summed E-state index contributed by atoms with van der Waals surface area (Å²) in [4.78, 5) is 12.9. The molecule has 0 amide bonds. The molecule has 16 heavy (non-hydrogen) atoms. The predicted molar refractivity (Wildman–Crippen MR) is 69.1 cm³/mol. The number of ketones is 1. The normalized spacial score (nSPS) is 16.6. The molecule has 0 unspecified atom stereocenters. The summed E-state index contributed by atoms with van der Waals surface area (Å²) in [5.74, 6) is 1.32. The Morgan fingerprint density at radius 1 is 1.38 bits per heavy atom. The third-order valence-corrected chi connectivity index (χ3v) is 4.24. The van der Waals surface area contributed by atoms with Gasteiger partial charge < -0.3 is 0 Å². The van der Waals surface area contributed by atoms with Gasteiger partial charge in [0.05, 0.1) is 5.75 Å². The number of hydrogen-bond donors (Lipinski definition) is 0. The average molecular weight is 255 g/mol. The maximum absolute atomic E-state index is 11.8. The zero-order valence-electron chi connectivity index (χ0n) is 9.12. The molecule has 3 heteroatoms. The van der Waals surface area contributed by atoms with Gasteiger partial charge in [0.25, 0.3) is 0 Å². The lowest BCUT2D eigenvalue weighted by atomic mass is 10.0. The second kappa shape index (κ2) is 5.74. The topological polar surface area (TPSA) is 17.1 Å². The van der Waals surface area contributed by atoms with Gasteiger partial charge in [0.15, 0.2) is 0 Å². The van der Waals surface area contributed by atoms with E-state index >= 15 is 0 Å². The highest BCUT2D eigenvalue weighted by molar-refractivity contribution is 8.00. The first-order valence-electron chi connectivity index (χ1n) is 5.67. The van der Waals surface area contributed by atoms with Crippen LogP contribution in [-0.4, -0.2) is 11.5 Å². The number of rotatable bonds is 4. The van der Waals surface area contributed by atoms with Crippen molar-refractivity contribution in [2.24, 2.45) is 5.92 Å². The van der Waals surface area contributed by atoms with Crippen LogP contribution in [-0.2, 0) is 4.79 Å². The van der Waals surface area contributed by atoms with Gasteiger partial charge in [0.2, 0.25) is 0 Å². The van der Waals surface area contributed by atoms with Crippen LogP contribution in [0, 0.1) is 5.92 Å². The van der Waals surface area contributed by atoms with E-state index in [1.165, 1.54) is 12.8 Å². The van der Waals surface area contributed by atoms with Crippen molar-refractivity contribution in [3.8, 4) is 0 Å². The van der Waals surface area contributed by atoms with E-state index in [1.807, 2.05) is 24.3 Å². The number of halogens is 1. The van der Waals surface area contributed by atoms with Crippen LogP contribution in [0.15, 0.2) is 29.2 Å². The van der Waals surface area contributed by atoms with Crippen molar-refractivity contribution in [2.45, 2.75) is 30.6 Å². The van der Waals surface area contributed by atoms with Crippen LogP contribution in [0.3, 0.4) is 0 Å². The quantitative estimate of drug-likeness (QED) is 0.750. The van der Waals surface area contributed by atoms with Gasteiger partial charge >= 0.3 is 0 Å². The molecule has 1 fully saturated rings. The fourth-order valence-electron chi connectivity index (χ4n) is 2.08. The molecule has 0 saturated heterocycles. The molecule has 1 aliphatic carbocycles. The molecule has 1 aromatic rings. The molecule has 0 spiro atoms. The lowest BCUT2D eigenvalue weighted by Crippen LogP contribution is -2.12. The van der Waals surface area contributed by atoms with E-state index in [0.29, 0.717) is 17.5 Å². The van der Waals surface area contributed by atoms with E-state index in [4.69, 9.17) is 11.6 Å². The van der Waals surface area contributed by atoms with Crippen molar-refractivity contribution in [3.05, 3.63) is 29.3 Å². The van der Waals surface area contributed by atoms with Crippen LogP contribution in [0.1, 0.15) is 25.7 Å². The Hall–Kier alpha value is -0.470. The SMILES string of the molecule is O=C(CSc1cccc(Cl)c1)C1CCCC1. The van der Waals surface area contributed by atoms with Crippen molar-refractivity contribution in [2.75, 3.05) is 5.75 Å². The van der Waals surface area contributed by atoms with Crippen LogP contribution in [0.5, 0.6) is 0 Å². The van der Waals surface area contributed by atoms with Crippen molar-refractivity contribution < 1.29 is 4.79 Å². The number of thioether (sulfide) groups is 1. The highest BCUT2D eigenvalue weighted by Gasteiger charge is 2.22. The van der Waals surface area contributed by atoms with Gasteiger partial charge in [0, 0.05) is 15.8 Å². The van der Waals surface area contributed by atoms with E-state index in [1.54, 1.807) is 11.8 Å². The van der Waals surface area contributed by atoms with Crippen LogP contribution in [0.4, 0.5) is 0 Å². The van der Waals surface area contributed by atoms with Crippen LogP contribution in [0.25, 0.3) is 0 Å². The second-order valence-corrected chi connectivity index (χ2v) is 5.68. The fraction of sp³-hybridized carbons (Fsp3) is 0.462. The van der Waals surface area contributed by atoms with Gasteiger partial charge in [-0.25, -0.2) is 0 Å². The smallest absolute Gasteiger partial charge is 0.146 e. The molecular formula is C13H15ClOS. The highest BCUT2D eigenvalue weighted by atomic mass is 35.5. The van der Waals surface area contributed by atoms with Crippen molar-refractivity contribution >= 4 is 29.1 Å². The summed E-state index contributed by atoms with van der Waals surface area (Å²) in [6, 6.07) is 7.68. The molecule has 0 heterocycles. The minimum atomic E-state index is 0.326. The first-order chi connectivity index (χ1) is 7.75. The summed E-state index contributed by atoms with van der Waals surface area (Å²) in [5.41, 5.74) is 0. The van der Waals surface area contributed by atoms with Crippen LogP contribution in [0.2, 0.25) is 5.02 Å². The number of hydrogen-bond acceptors (Lipinski definition) is 2. The summed E-state index contributed by atoms with van der Waals surface area (Å²) < 4.78 is 0. The third kappa shape index (κ3) is 3.26. The monoisotopic (exact) mass is 254 g/mol. The standard InChI is InChI=1S/C13H15ClOS/c14-11-6-3-7-12(8-11)16-9-13(15)10-4-1-2-5-10/h3,6-8,10H,1-2,4-5,9H2. The van der Waals surface area contributed by atoms with E-state index in [9.17, 15) is 4.79 Å². The van der Waals surface area contributed by atoms with Crippen LogP contribution < -0.4 is 0 Å². The number of Topliss-reactive ketones (excluding diaryl/α,β-unsaturated/α-hetero) is 1. The molecule has 0 atom stereocenters. The summed E-state index contributed by atoms with van der Waals surface area (Å²) >= 11 is 7.48. The molecule has 1 saturated carbocycles. The molecule has 1 nitrogen and oxygen atoms in total. The lowest BCUT2D eigenvalue weighted by molar-refractivity contribution is -0.120. The van der Waals surface area contributed by atoms with E-state index in [2.05, 4.69) is 0 Å². The van der Waals surface area contributed by atoms with Crippen molar-refractivity contribution in [3.63, 3.8) is 0 Å². The van der Waals surface area contributed by atoms with Gasteiger partial charge in [-0.1, -0.05) is 30.5 Å². The van der Waals surface area contributed by atoms with Gasteiger partial charge in [-0.15, -0.1) is 11.8 Å².